The van der Waals surface area contributed by atoms with E-state index in [1.807, 2.05) is 0 Å². The standard InChI is InChI=1S/2C8H11.Co/c2*1-2-4-6-8-7-5-3-1;/h2*1-2,7H,3-6H2;/q2*-1;+2. The molecule has 0 fully saturated rings. The quantitative estimate of drug-likeness (QED) is 0.433. The molecule has 0 atom stereocenters. The SMILES string of the molecule is [C-]1=CCCC=CCC1.[C-]1=CCCC=CCC1.[Co+2]. The minimum Gasteiger partial charge on any atom is -0.500 e. The molecule has 17 heavy (non-hydrogen) atoms. The molecule has 95 valence electrons. The minimum absolute atomic E-state index is 0. The van der Waals surface area contributed by atoms with Gasteiger partial charge in [-0.05, 0) is 12.8 Å². The Morgan fingerprint density at radius 3 is 1.41 bits per heavy atom. The van der Waals surface area contributed by atoms with Gasteiger partial charge in [-0.15, -0.1) is 0 Å². The molecule has 2 aliphatic carbocycles. The van der Waals surface area contributed by atoms with Gasteiger partial charge in [0, 0.05) is 0 Å². The van der Waals surface area contributed by atoms with Crippen molar-refractivity contribution >= 4 is 0 Å². The Bertz CT molecular complexity index is 179. The van der Waals surface area contributed by atoms with Crippen molar-refractivity contribution in [3.05, 3.63) is 48.6 Å². The van der Waals surface area contributed by atoms with Crippen LogP contribution in [0.15, 0.2) is 36.5 Å². The molecule has 0 heterocycles. The van der Waals surface area contributed by atoms with E-state index in [-0.39, 0.29) is 16.8 Å². The van der Waals surface area contributed by atoms with Gasteiger partial charge in [-0.2, -0.15) is 12.8 Å². The van der Waals surface area contributed by atoms with Crippen molar-refractivity contribution in [1.29, 1.82) is 0 Å². The van der Waals surface area contributed by atoms with Gasteiger partial charge in [0.1, 0.15) is 0 Å². The molecule has 0 saturated carbocycles. The molecule has 0 aliphatic heterocycles. The number of hydrogen-bond acceptors (Lipinski definition) is 0. The zero-order valence-electron chi connectivity index (χ0n) is 10.5. The van der Waals surface area contributed by atoms with E-state index in [0.29, 0.717) is 0 Å². The zero-order chi connectivity index (χ0) is 11.3. The molecule has 1 radical (unpaired) electrons. The molecule has 0 unspecified atom stereocenters. The van der Waals surface area contributed by atoms with E-state index < -0.39 is 0 Å². The van der Waals surface area contributed by atoms with E-state index >= 15 is 0 Å². The average molecular weight is 273 g/mol. The van der Waals surface area contributed by atoms with E-state index in [0.717, 1.165) is 12.8 Å². The van der Waals surface area contributed by atoms with Gasteiger partial charge >= 0.3 is 16.8 Å². The van der Waals surface area contributed by atoms with Crippen molar-refractivity contribution in [2.75, 3.05) is 0 Å². The normalized spacial score (nSPS) is 18.8. The fourth-order valence-electron chi connectivity index (χ4n) is 1.57. The van der Waals surface area contributed by atoms with Crippen LogP contribution in [-0.4, -0.2) is 0 Å². The first-order chi connectivity index (χ1) is 8.00. The van der Waals surface area contributed by atoms with Crippen LogP contribution in [0.25, 0.3) is 0 Å². The largest absolute Gasteiger partial charge is 2.00 e. The van der Waals surface area contributed by atoms with Crippen molar-refractivity contribution in [1.82, 2.24) is 0 Å². The van der Waals surface area contributed by atoms with Gasteiger partial charge in [0.15, 0.2) is 0 Å². The topological polar surface area (TPSA) is 0 Å². The van der Waals surface area contributed by atoms with Gasteiger partial charge in [-0.1, -0.05) is 50.0 Å². The molecular formula is C16H22Co. The Kier molecular flexibility index (Phi) is 13.1. The molecule has 1 heteroatoms. The molecule has 2 rings (SSSR count). The third-order valence-corrected chi connectivity index (χ3v) is 2.49. The van der Waals surface area contributed by atoms with Crippen LogP contribution in [0, 0.1) is 12.2 Å². The summed E-state index contributed by atoms with van der Waals surface area (Å²) >= 11 is 0. The van der Waals surface area contributed by atoms with Gasteiger partial charge in [-0.25, -0.2) is 0 Å². The first-order valence-corrected chi connectivity index (χ1v) is 6.40. The zero-order valence-corrected chi connectivity index (χ0v) is 11.5. The number of rotatable bonds is 0. The molecule has 2 aliphatic rings. The Morgan fingerprint density at radius 2 is 0.941 bits per heavy atom. The molecule has 0 spiro atoms. The van der Waals surface area contributed by atoms with E-state index in [2.05, 4.69) is 48.6 Å². The third-order valence-electron chi connectivity index (χ3n) is 2.49. The van der Waals surface area contributed by atoms with Crippen LogP contribution in [0.3, 0.4) is 0 Å². The van der Waals surface area contributed by atoms with E-state index in [4.69, 9.17) is 0 Å². The third kappa shape index (κ3) is 11.7. The summed E-state index contributed by atoms with van der Waals surface area (Å²) in [6.07, 6.45) is 29.0. The molecule has 0 amide bonds. The Balaban J connectivity index is 0.000000284. The molecule has 0 aromatic heterocycles. The van der Waals surface area contributed by atoms with Crippen LogP contribution in [0.4, 0.5) is 0 Å². The predicted molar refractivity (Wildman–Crippen MR) is 70.8 cm³/mol. The Hall–Kier alpha value is -0.534. The molecular weight excluding hydrogens is 251 g/mol. The first kappa shape index (κ1) is 16.5. The molecule has 0 nitrogen and oxygen atoms in total. The van der Waals surface area contributed by atoms with Crippen molar-refractivity contribution in [3.63, 3.8) is 0 Å². The summed E-state index contributed by atoms with van der Waals surface area (Å²) in [5, 5.41) is 0. The van der Waals surface area contributed by atoms with Crippen molar-refractivity contribution in [2.45, 2.75) is 51.4 Å². The van der Waals surface area contributed by atoms with E-state index in [1.165, 1.54) is 38.5 Å². The van der Waals surface area contributed by atoms with Crippen LogP contribution >= 0.6 is 0 Å². The molecule has 0 bridgehead atoms. The van der Waals surface area contributed by atoms with Crippen molar-refractivity contribution in [2.24, 2.45) is 0 Å². The maximum atomic E-state index is 3.21. The molecule has 0 N–H and O–H groups in total. The van der Waals surface area contributed by atoms with E-state index in [1.54, 1.807) is 0 Å². The molecule has 0 aromatic carbocycles. The minimum atomic E-state index is 0. The Morgan fingerprint density at radius 1 is 0.529 bits per heavy atom. The fourth-order valence-corrected chi connectivity index (χ4v) is 1.57. The second-order valence-corrected chi connectivity index (χ2v) is 3.99. The van der Waals surface area contributed by atoms with Gasteiger partial charge in [0.2, 0.25) is 0 Å². The second-order valence-electron chi connectivity index (χ2n) is 3.99. The summed E-state index contributed by atoms with van der Waals surface area (Å²) < 4.78 is 0. The maximum Gasteiger partial charge on any atom is 2.00 e. The number of hydrogen-bond donors (Lipinski definition) is 0. The van der Waals surface area contributed by atoms with Crippen LogP contribution < -0.4 is 0 Å². The molecule has 0 aromatic rings. The number of allylic oxidation sites excluding steroid dienone is 8. The summed E-state index contributed by atoms with van der Waals surface area (Å²) in [7, 11) is 0. The van der Waals surface area contributed by atoms with E-state index in [9.17, 15) is 0 Å². The van der Waals surface area contributed by atoms with Crippen LogP contribution in [0.1, 0.15) is 51.4 Å². The summed E-state index contributed by atoms with van der Waals surface area (Å²) in [5.41, 5.74) is 0. The van der Waals surface area contributed by atoms with Gasteiger partial charge in [0.25, 0.3) is 0 Å². The summed E-state index contributed by atoms with van der Waals surface area (Å²) in [6.45, 7) is 0. The maximum absolute atomic E-state index is 3.21. The predicted octanol–water partition coefficient (Wildman–Crippen LogP) is 4.95. The smallest absolute Gasteiger partial charge is 0.500 e. The molecule has 0 saturated heterocycles. The average Bonchev–Trinajstić information content (AvgIpc) is 2.15. The second kappa shape index (κ2) is 13.5. The fraction of sp³-hybridized carbons (Fsp3) is 0.500. The summed E-state index contributed by atoms with van der Waals surface area (Å²) in [5.74, 6) is 0. The monoisotopic (exact) mass is 273 g/mol. The van der Waals surface area contributed by atoms with Crippen molar-refractivity contribution in [3.8, 4) is 0 Å². The van der Waals surface area contributed by atoms with Gasteiger partial charge in [-0.3, -0.25) is 12.2 Å². The summed E-state index contributed by atoms with van der Waals surface area (Å²) in [6, 6.07) is 0. The van der Waals surface area contributed by atoms with Crippen LogP contribution in [0.2, 0.25) is 0 Å². The van der Waals surface area contributed by atoms with Gasteiger partial charge < -0.3 is 12.2 Å². The van der Waals surface area contributed by atoms with Crippen LogP contribution in [-0.2, 0) is 16.8 Å². The first-order valence-electron chi connectivity index (χ1n) is 6.40. The van der Waals surface area contributed by atoms with Gasteiger partial charge in [0.05, 0.1) is 0 Å². The summed E-state index contributed by atoms with van der Waals surface area (Å²) in [4.78, 5) is 0. The Labute approximate surface area is 117 Å². The van der Waals surface area contributed by atoms with Crippen LogP contribution in [0.5, 0.6) is 0 Å². The van der Waals surface area contributed by atoms with Crippen molar-refractivity contribution < 1.29 is 16.8 Å².